The van der Waals surface area contributed by atoms with Gasteiger partial charge in [-0.3, -0.25) is 0 Å². The molecule has 0 amide bonds. The molecule has 0 aliphatic carbocycles. The van der Waals surface area contributed by atoms with Crippen molar-refractivity contribution in [1.82, 2.24) is 5.32 Å². The molecule has 19 heavy (non-hydrogen) atoms. The fraction of sp³-hybridized carbons (Fsp3) is 1.00. The van der Waals surface area contributed by atoms with Crippen molar-refractivity contribution in [3.8, 4) is 0 Å². The summed E-state index contributed by atoms with van der Waals surface area (Å²) in [5, 5.41) is 3.58. The van der Waals surface area contributed by atoms with E-state index in [0.717, 1.165) is 5.92 Å². The quantitative estimate of drug-likeness (QED) is 0.363. The second-order valence-electron chi connectivity index (χ2n) is 6.47. The van der Waals surface area contributed by atoms with Gasteiger partial charge >= 0.3 is 0 Å². The Morgan fingerprint density at radius 3 is 1.63 bits per heavy atom. The van der Waals surface area contributed by atoms with E-state index in [1.54, 1.807) is 0 Å². The molecule has 0 aliphatic rings. The zero-order chi connectivity index (χ0) is 14.2. The molecule has 0 bridgehead atoms. The lowest BCUT2D eigenvalue weighted by Crippen LogP contribution is -2.16. The van der Waals surface area contributed by atoms with E-state index in [4.69, 9.17) is 0 Å². The number of unbranched alkanes of at least 4 members (excludes halogenated alkanes) is 9. The maximum Gasteiger partial charge on any atom is -0.00489 e. The molecule has 116 valence electrons. The Hall–Kier alpha value is -0.0400. The SMILES string of the molecule is CCCCCCCCCCNCCCCCC(C)C. The van der Waals surface area contributed by atoms with Gasteiger partial charge in [0.1, 0.15) is 0 Å². The van der Waals surface area contributed by atoms with Crippen molar-refractivity contribution < 1.29 is 0 Å². The molecule has 0 saturated carbocycles. The summed E-state index contributed by atoms with van der Waals surface area (Å²) in [6.07, 6.45) is 17.0. The predicted octanol–water partition coefficient (Wildman–Crippen LogP) is 5.93. The fourth-order valence-corrected chi connectivity index (χ4v) is 2.49. The smallest absolute Gasteiger partial charge is 0.00489 e. The summed E-state index contributed by atoms with van der Waals surface area (Å²) in [7, 11) is 0. The first kappa shape index (κ1) is 19.0. The van der Waals surface area contributed by atoms with Crippen molar-refractivity contribution >= 4 is 0 Å². The Morgan fingerprint density at radius 1 is 0.632 bits per heavy atom. The molecule has 1 heteroatoms. The lowest BCUT2D eigenvalue weighted by atomic mass is 10.1. The van der Waals surface area contributed by atoms with Crippen molar-refractivity contribution in [3.05, 3.63) is 0 Å². The Bertz CT molecular complexity index is 154. The predicted molar refractivity (Wildman–Crippen MR) is 88.8 cm³/mol. The molecule has 0 aromatic rings. The van der Waals surface area contributed by atoms with Crippen molar-refractivity contribution in [2.75, 3.05) is 13.1 Å². The van der Waals surface area contributed by atoms with E-state index in [1.165, 1.54) is 90.1 Å². The average molecular weight is 270 g/mol. The third-order valence-electron chi connectivity index (χ3n) is 3.84. The molecule has 0 radical (unpaired) electrons. The van der Waals surface area contributed by atoms with Gasteiger partial charge in [0, 0.05) is 0 Å². The molecule has 0 spiro atoms. The molecular weight excluding hydrogens is 230 g/mol. The summed E-state index contributed by atoms with van der Waals surface area (Å²) in [5.41, 5.74) is 0. The normalized spacial score (nSPS) is 11.4. The van der Waals surface area contributed by atoms with Crippen LogP contribution in [0.25, 0.3) is 0 Å². The van der Waals surface area contributed by atoms with Crippen LogP contribution in [0.5, 0.6) is 0 Å². The van der Waals surface area contributed by atoms with Gasteiger partial charge in [-0.1, -0.05) is 85.0 Å². The minimum atomic E-state index is 0.880. The third-order valence-corrected chi connectivity index (χ3v) is 3.84. The van der Waals surface area contributed by atoms with E-state index < -0.39 is 0 Å². The first-order valence-electron chi connectivity index (χ1n) is 8.98. The monoisotopic (exact) mass is 269 g/mol. The first-order valence-corrected chi connectivity index (χ1v) is 8.98. The van der Waals surface area contributed by atoms with E-state index in [0.29, 0.717) is 0 Å². The molecule has 0 unspecified atom stereocenters. The minimum Gasteiger partial charge on any atom is -0.317 e. The molecule has 0 heterocycles. The summed E-state index contributed by atoms with van der Waals surface area (Å²) >= 11 is 0. The average Bonchev–Trinajstić information content (AvgIpc) is 2.39. The molecule has 0 saturated heterocycles. The van der Waals surface area contributed by atoms with Crippen LogP contribution in [0.15, 0.2) is 0 Å². The van der Waals surface area contributed by atoms with Gasteiger partial charge in [-0.05, 0) is 31.8 Å². The van der Waals surface area contributed by atoms with E-state index in [9.17, 15) is 0 Å². The highest BCUT2D eigenvalue weighted by Gasteiger charge is 1.95. The van der Waals surface area contributed by atoms with E-state index in [1.807, 2.05) is 0 Å². The van der Waals surface area contributed by atoms with Gasteiger partial charge in [-0.2, -0.15) is 0 Å². The van der Waals surface area contributed by atoms with Crippen LogP contribution < -0.4 is 5.32 Å². The standard InChI is InChI=1S/C18H39N/c1-4-5-6-7-8-9-10-13-16-19-17-14-11-12-15-18(2)3/h18-19H,4-17H2,1-3H3. The van der Waals surface area contributed by atoms with E-state index in [2.05, 4.69) is 26.1 Å². The van der Waals surface area contributed by atoms with E-state index >= 15 is 0 Å². The van der Waals surface area contributed by atoms with Crippen LogP contribution in [0.4, 0.5) is 0 Å². The summed E-state index contributed by atoms with van der Waals surface area (Å²) in [6.45, 7) is 9.39. The first-order chi connectivity index (χ1) is 9.27. The van der Waals surface area contributed by atoms with Crippen molar-refractivity contribution in [2.24, 2.45) is 5.92 Å². The van der Waals surface area contributed by atoms with Crippen molar-refractivity contribution in [2.45, 2.75) is 97.8 Å². The Morgan fingerprint density at radius 2 is 1.11 bits per heavy atom. The van der Waals surface area contributed by atoms with Crippen LogP contribution in [0, 0.1) is 5.92 Å². The molecule has 1 nitrogen and oxygen atoms in total. The molecule has 0 aromatic carbocycles. The highest BCUT2D eigenvalue weighted by atomic mass is 14.8. The summed E-state index contributed by atoms with van der Waals surface area (Å²) in [6, 6.07) is 0. The van der Waals surface area contributed by atoms with Crippen LogP contribution >= 0.6 is 0 Å². The largest absolute Gasteiger partial charge is 0.317 e. The van der Waals surface area contributed by atoms with Crippen LogP contribution in [-0.2, 0) is 0 Å². The zero-order valence-corrected chi connectivity index (χ0v) is 14.0. The second kappa shape index (κ2) is 16.0. The maximum atomic E-state index is 3.58. The van der Waals surface area contributed by atoms with Crippen LogP contribution in [-0.4, -0.2) is 13.1 Å². The Kier molecular flexibility index (Phi) is 16.0. The van der Waals surface area contributed by atoms with Crippen LogP contribution in [0.1, 0.15) is 97.8 Å². The highest BCUT2D eigenvalue weighted by molar-refractivity contribution is 4.52. The molecule has 1 N–H and O–H groups in total. The van der Waals surface area contributed by atoms with Gasteiger partial charge in [-0.25, -0.2) is 0 Å². The lowest BCUT2D eigenvalue weighted by Gasteiger charge is -2.06. The zero-order valence-electron chi connectivity index (χ0n) is 14.0. The van der Waals surface area contributed by atoms with Gasteiger partial charge in [0.2, 0.25) is 0 Å². The van der Waals surface area contributed by atoms with Gasteiger partial charge in [0.05, 0.1) is 0 Å². The van der Waals surface area contributed by atoms with Gasteiger partial charge in [-0.15, -0.1) is 0 Å². The lowest BCUT2D eigenvalue weighted by molar-refractivity contribution is 0.508. The van der Waals surface area contributed by atoms with Crippen LogP contribution in [0.2, 0.25) is 0 Å². The Labute approximate surface area is 122 Å². The Balaban J connectivity index is 2.91. The summed E-state index contributed by atoms with van der Waals surface area (Å²) in [5.74, 6) is 0.880. The van der Waals surface area contributed by atoms with Gasteiger partial charge in [0.25, 0.3) is 0 Å². The van der Waals surface area contributed by atoms with Gasteiger partial charge < -0.3 is 5.32 Å². The fourth-order valence-electron chi connectivity index (χ4n) is 2.49. The third kappa shape index (κ3) is 18.0. The van der Waals surface area contributed by atoms with E-state index in [-0.39, 0.29) is 0 Å². The topological polar surface area (TPSA) is 12.0 Å². The van der Waals surface area contributed by atoms with Crippen molar-refractivity contribution in [1.29, 1.82) is 0 Å². The molecule has 0 aliphatic heterocycles. The maximum absolute atomic E-state index is 3.58. The number of nitrogens with one attached hydrogen (secondary N) is 1. The molecule has 0 aromatic heterocycles. The molecule has 0 rings (SSSR count). The molecule has 0 atom stereocenters. The highest BCUT2D eigenvalue weighted by Crippen LogP contribution is 2.08. The molecular formula is C18H39N. The number of hydrogen-bond donors (Lipinski definition) is 1. The minimum absolute atomic E-state index is 0.880. The number of hydrogen-bond acceptors (Lipinski definition) is 1. The van der Waals surface area contributed by atoms with Crippen molar-refractivity contribution in [3.63, 3.8) is 0 Å². The molecule has 0 fully saturated rings. The summed E-state index contributed by atoms with van der Waals surface area (Å²) < 4.78 is 0. The number of rotatable bonds is 15. The van der Waals surface area contributed by atoms with Gasteiger partial charge in [0.15, 0.2) is 0 Å². The second-order valence-corrected chi connectivity index (χ2v) is 6.47. The van der Waals surface area contributed by atoms with Crippen LogP contribution in [0.3, 0.4) is 0 Å². The summed E-state index contributed by atoms with van der Waals surface area (Å²) in [4.78, 5) is 0.